The molecule has 0 fully saturated rings. The second-order valence-corrected chi connectivity index (χ2v) is 3.04. The van der Waals surface area contributed by atoms with Crippen LogP contribution in [0.3, 0.4) is 0 Å². The molecule has 0 saturated carbocycles. The average molecular weight is 153 g/mol. The van der Waals surface area contributed by atoms with Crippen LogP contribution in [0.5, 0.6) is 0 Å². The van der Waals surface area contributed by atoms with Crippen molar-refractivity contribution < 1.29 is 0 Å². The first-order chi connectivity index (χ1) is 5.12. The molecule has 0 radical (unpaired) electrons. The molecule has 1 aliphatic rings. The zero-order valence-electron chi connectivity index (χ0n) is 7.04. The molecule has 0 aliphatic heterocycles. The lowest BCUT2D eigenvalue weighted by molar-refractivity contribution is 0.197. The van der Waals surface area contributed by atoms with Crippen LogP contribution in [0.2, 0.25) is 0 Å². The Morgan fingerprint density at radius 2 is 2.18 bits per heavy atom. The van der Waals surface area contributed by atoms with Gasteiger partial charge in [0.1, 0.15) is 5.66 Å². The molecule has 62 valence electrons. The zero-order chi connectivity index (χ0) is 8.32. The van der Waals surface area contributed by atoms with Gasteiger partial charge in [0.15, 0.2) is 0 Å². The Labute approximate surface area is 67.5 Å². The summed E-state index contributed by atoms with van der Waals surface area (Å²) in [7, 11) is 3.86. The van der Waals surface area contributed by atoms with Crippen molar-refractivity contribution in [3.05, 3.63) is 24.3 Å². The normalized spacial score (nSPS) is 29.8. The first-order valence-corrected chi connectivity index (χ1v) is 3.71. The van der Waals surface area contributed by atoms with Crippen molar-refractivity contribution in [2.24, 2.45) is 5.73 Å². The third kappa shape index (κ3) is 2.46. The minimum Gasteiger partial charge on any atom is -0.309 e. The van der Waals surface area contributed by atoms with E-state index < -0.39 is 5.66 Å². The van der Waals surface area contributed by atoms with E-state index in [2.05, 4.69) is 11.5 Å². The second-order valence-electron chi connectivity index (χ2n) is 3.04. The number of hydrogen-bond donors (Lipinski definition) is 2. The van der Waals surface area contributed by atoms with Crippen LogP contribution in [-0.4, -0.2) is 24.8 Å². The summed E-state index contributed by atoms with van der Waals surface area (Å²) in [4.78, 5) is 0. The first-order valence-electron chi connectivity index (χ1n) is 3.71. The molecule has 1 rings (SSSR count). The van der Waals surface area contributed by atoms with E-state index in [-0.39, 0.29) is 0 Å². The highest BCUT2D eigenvalue weighted by Crippen LogP contribution is 2.10. The molecule has 0 aromatic carbocycles. The SMILES string of the molecule is CN(C)NC1(N)C=CC=CC1. The van der Waals surface area contributed by atoms with Crippen LogP contribution in [0, 0.1) is 0 Å². The molecule has 3 nitrogen and oxygen atoms in total. The molecule has 0 saturated heterocycles. The van der Waals surface area contributed by atoms with Crippen LogP contribution < -0.4 is 11.2 Å². The molecule has 0 amide bonds. The van der Waals surface area contributed by atoms with Crippen LogP contribution >= 0.6 is 0 Å². The molecule has 1 unspecified atom stereocenters. The van der Waals surface area contributed by atoms with Crippen molar-refractivity contribution in [3.8, 4) is 0 Å². The van der Waals surface area contributed by atoms with E-state index in [9.17, 15) is 0 Å². The summed E-state index contributed by atoms with van der Waals surface area (Å²) < 4.78 is 0. The molecule has 0 spiro atoms. The third-order valence-corrected chi connectivity index (χ3v) is 1.53. The second kappa shape index (κ2) is 3.17. The summed E-state index contributed by atoms with van der Waals surface area (Å²) in [6.45, 7) is 0. The molecule has 1 atom stereocenters. The fraction of sp³-hybridized carbons (Fsp3) is 0.500. The van der Waals surface area contributed by atoms with E-state index in [0.29, 0.717) is 0 Å². The zero-order valence-corrected chi connectivity index (χ0v) is 7.04. The largest absolute Gasteiger partial charge is 0.309 e. The maximum atomic E-state index is 5.97. The van der Waals surface area contributed by atoms with Gasteiger partial charge in [-0.25, -0.2) is 10.4 Å². The Morgan fingerprint density at radius 3 is 2.64 bits per heavy atom. The highest BCUT2D eigenvalue weighted by Gasteiger charge is 2.20. The van der Waals surface area contributed by atoms with Gasteiger partial charge in [0.05, 0.1) is 0 Å². The molecule has 0 heterocycles. The number of rotatable bonds is 2. The van der Waals surface area contributed by atoms with Gasteiger partial charge < -0.3 is 5.73 Å². The van der Waals surface area contributed by atoms with Crippen molar-refractivity contribution in [1.82, 2.24) is 10.4 Å². The highest BCUT2D eigenvalue weighted by atomic mass is 15.5. The molecule has 0 bridgehead atoms. The van der Waals surface area contributed by atoms with Gasteiger partial charge in [-0.3, -0.25) is 0 Å². The van der Waals surface area contributed by atoms with Crippen LogP contribution in [-0.2, 0) is 0 Å². The fourth-order valence-corrected chi connectivity index (χ4v) is 1.14. The molecule has 3 heteroatoms. The molecule has 0 aromatic heterocycles. The van der Waals surface area contributed by atoms with E-state index in [1.54, 1.807) is 0 Å². The lowest BCUT2D eigenvalue weighted by Gasteiger charge is -2.31. The van der Waals surface area contributed by atoms with Crippen molar-refractivity contribution in [2.45, 2.75) is 12.1 Å². The Kier molecular flexibility index (Phi) is 2.44. The minimum absolute atomic E-state index is 0.391. The summed E-state index contributed by atoms with van der Waals surface area (Å²) in [5, 5.41) is 1.86. The topological polar surface area (TPSA) is 41.3 Å². The van der Waals surface area contributed by atoms with E-state index in [1.165, 1.54) is 0 Å². The van der Waals surface area contributed by atoms with E-state index in [4.69, 9.17) is 5.73 Å². The number of nitrogens with one attached hydrogen (secondary N) is 1. The molecule has 0 aromatic rings. The van der Waals surface area contributed by atoms with E-state index in [0.717, 1.165) is 6.42 Å². The van der Waals surface area contributed by atoms with Crippen molar-refractivity contribution in [3.63, 3.8) is 0 Å². The lowest BCUT2D eigenvalue weighted by Crippen LogP contribution is -2.57. The van der Waals surface area contributed by atoms with Crippen LogP contribution in [0.15, 0.2) is 24.3 Å². The Hall–Kier alpha value is -0.640. The Morgan fingerprint density at radius 1 is 1.45 bits per heavy atom. The van der Waals surface area contributed by atoms with Gasteiger partial charge in [-0.15, -0.1) is 0 Å². The molecule has 3 N–H and O–H groups in total. The molecular weight excluding hydrogens is 138 g/mol. The quantitative estimate of drug-likeness (QED) is 0.440. The summed E-state index contributed by atoms with van der Waals surface area (Å²) in [6.07, 6.45) is 8.81. The fourth-order valence-electron chi connectivity index (χ4n) is 1.14. The number of allylic oxidation sites excluding steroid dienone is 2. The predicted molar refractivity (Wildman–Crippen MR) is 46.6 cm³/mol. The molecule has 1 aliphatic carbocycles. The van der Waals surface area contributed by atoms with E-state index >= 15 is 0 Å². The van der Waals surface area contributed by atoms with Gasteiger partial charge in [-0.2, -0.15) is 0 Å². The smallest absolute Gasteiger partial charge is 0.102 e. The van der Waals surface area contributed by atoms with Crippen LogP contribution in [0.4, 0.5) is 0 Å². The van der Waals surface area contributed by atoms with Crippen LogP contribution in [0.25, 0.3) is 0 Å². The summed E-state index contributed by atoms with van der Waals surface area (Å²) >= 11 is 0. The van der Waals surface area contributed by atoms with E-state index in [1.807, 2.05) is 37.3 Å². The highest BCUT2D eigenvalue weighted by molar-refractivity contribution is 5.18. The van der Waals surface area contributed by atoms with Gasteiger partial charge in [0.25, 0.3) is 0 Å². The van der Waals surface area contributed by atoms with Gasteiger partial charge in [-0.05, 0) is 6.08 Å². The Bertz CT molecular complexity index is 184. The predicted octanol–water partition coefficient (Wildman–Crippen LogP) is 0.224. The van der Waals surface area contributed by atoms with Gasteiger partial charge in [-0.1, -0.05) is 18.2 Å². The van der Waals surface area contributed by atoms with Crippen molar-refractivity contribution >= 4 is 0 Å². The average Bonchev–Trinajstić information content (AvgIpc) is 1.85. The summed E-state index contributed by atoms with van der Waals surface area (Å²) in [5.41, 5.74) is 8.71. The van der Waals surface area contributed by atoms with Crippen molar-refractivity contribution in [1.29, 1.82) is 0 Å². The van der Waals surface area contributed by atoms with Crippen LogP contribution in [0.1, 0.15) is 6.42 Å². The van der Waals surface area contributed by atoms with Gasteiger partial charge >= 0.3 is 0 Å². The summed E-state index contributed by atoms with van der Waals surface area (Å²) in [6, 6.07) is 0. The third-order valence-electron chi connectivity index (χ3n) is 1.53. The van der Waals surface area contributed by atoms with Gasteiger partial charge in [0.2, 0.25) is 0 Å². The minimum atomic E-state index is -0.391. The monoisotopic (exact) mass is 153 g/mol. The molecule has 11 heavy (non-hydrogen) atoms. The number of nitrogens with two attached hydrogens (primary N) is 1. The van der Waals surface area contributed by atoms with Crippen molar-refractivity contribution in [2.75, 3.05) is 14.1 Å². The molecular formula is C8H15N3. The number of hydrogen-bond acceptors (Lipinski definition) is 3. The van der Waals surface area contributed by atoms with Gasteiger partial charge in [0, 0.05) is 20.5 Å². The number of nitrogens with zero attached hydrogens (tertiary/aromatic N) is 1. The lowest BCUT2D eigenvalue weighted by atomic mass is 10.0. The standard InChI is InChI=1S/C8H15N3/c1-11(2)10-8(9)6-4-3-5-7-8/h3-6,10H,7,9H2,1-2H3. The first kappa shape index (κ1) is 8.46. The summed E-state index contributed by atoms with van der Waals surface area (Å²) in [5.74, 6) is 0. The maximum absolute atomic E-state index is 5.97. The Balaban J connectivity index is 2.54. The maximum Gasteiger partial charge on any atom is 0.102 e. The number of hydrazine groups is 1.